The van der Waals surface area contributed by atoms with Gasteiger partial charge in [-0.2, -0.15) is 0 Å². The van der Waals surface area contributed by atoms with Gasteiger partial charge in [0, 0.05) is 22.5 Å². The predicted molar refractivity (Wildman–Crippen MR) is 157 cm³/mol. The molecular weight excluding hydrogens is 616 g/mol. The first-order valence-electron chi connectivity index (χ1n) is 12.7. The molecule has 0 bridgehead atoms. The summed E-state index contributed by atoms with van der Waals surface area (Å²) in [5, 5.41) is 12.8. The largest absolute Gasteiger partial charge is 0.464 e. The number of para-hydroxylation sites is 2. The van der Waals surface area contributed by atoms with E-state index in [9.17, 15) is 27.9 Å². The number of fused-ring (bicyclic) bond motifs is 1. The number of aromatic nitrogens is 2. The fourth-order valence-corrected chi connectivity index (χ4v) is 7.31. The topological polar surface area (TPSA) is 148 Å². The zero-order valence-corrected chi connectivity index (χ0v) is 25.8. The number of carbonyl (C=O) groups excluding carboxylic acids is 2. The quantitative estimate of drug-likeness (QED) is 0.372. The number of hydrogen-bond donors (Lipinski definition) is 2. The van der Waals surface area contributed by atoms with Crippen molar-refractivity contribution in [3.63, 3.8) is 0 Å². The average Bonchev–Trinajstić information content (AvgIpc) is 3.31. The number of halogens is 1. The third-order valence-corrected chi connectivity index (χ3v) is 8.86. The van der Waals surface area contributed by atoms with Crippen LogP contribution in [0.5, 0.6) is 0 Å². The number of alkyl carbamates (subject to hydrolysis) is 1. The zero-order valence-electron chi connectivity index (χ0n) is 23.4. The van der Waals surface area contributed by atoms with Gasteiger partial charge in [-0.25, -0.2) is 31.9 Å². The highest BCUT2D eigenvalue weighted by Crippen LogP contribution is 2.39. The van der Waals surface area contributed by atoms with E-state index in [1.54, 1.807) is 84.0 Å². The smallest absolute Gasteiger partial charge is 0.417 e. The summed E-state index contributed by atoms with van der Waals surface area (Å²) in [6.45, 7) is 10.0. The van der Waals surface area contributed by atoms with E-state index in [4.69, 9.17) is 4.74 Å². The van der Waals surface area contributed by atoms with Gasteiger partial charge >= 0.3 is 12.2 Å². The van der Waals surface area contributed by atoms with Crippen LogP contribution in [0.2, 0.25) is 0 Å². The number of benzene rings is 2. The van der Waals surface area contributed by atoms with Gasteiger partial charge in [-0.05, 0) is 65.3 Å². The van der Waals surface area contributed by atoms with E-state index in [1.165, 1.54) is 0 Å². The number of sulfonamides is 1. The van der Waals surface area contributed by atoms with E-state index in [-0.39, 0.29) is 17.2 Å². The van der Waals surface area contributed by atoms with Crippen molar-refractivity contribution in [1.29, 1.82) is 0 Å². The SMILES string of the molecule is CC(C)(C)OC(=O)N[C@@H](Cc1ccc(C2=CC(=O)N(C(C)(C)C)S2(=O)=O)c(Br)c1)c1nc2ccccc2n1C(=O)O. The summed E-state index contributed by atoms with van der Waals surface area (Å²) in [5.41, 5.74) is -0.0382. The molecule has 2 amide bonds. The van der Waals surface area contributed by atoms with Crippen LogP contribution in [0.3, 0.4) is 0 Å². The number of rotatable bonds is 5. The molecule has 1 aromatic heterocycles. The minimum atomic E-state index is -4.09. The molecule has 3 aromatic rings. The first-order chi connectivity index (χ1) is 18.9. The van der Waals surface area contributed by atoms with Gasteiger partial charge in [0.05, 0.1) is 22.6 Å². The van der Waals surface area contributed by atoms with Crippen molar-refractivity contribution in [3.05, 3.63) is 70.0 Å². The number of imidazole rings is 1. The lowest BCUT2D eigenvalue weighted by Gasteiger charge is -2.30. The van der Waals surface area contributed by atoms with E-state index in [2.05, 4.69) is 26.2 Å². The molecule has 2 heterocycles. The van der Waals surface area contributed by atoms with Crippen LogP contribution in [-0.2, 0) is 26.0 Å². The van der Waals surface area contributed by atoms with Crippen molar-refractivity contribution in [3.8, 4) is 0 Å². The van der Waals surface area contributed by atoms with Gasteiger partial charge in [-0.1, -0.05) is 40.2 Å². The zero-order chi connectivity index (χ0) is 30.5. The molecule has 0 aliphatic carbocycles. The summed E-state index contributed by atoms with van der Waals surface area (Å²) in [6.07, 6.45) is -0.839. The van der Waals surface area contributed by atoms with Gasteiger partial charge in [0.15, 0.2) is 0 Å². The lowest BCUT2D eigenvalue weighted by atomic mass is 10.0. The van der Waals surface area contributed by atoms with Crippen molar-refractivity contribution < 1.29 is 32.6 Å². The second kappa shape index (κ2) is 10.6. The molecule has 13 heteroatoms. The van der Waals surface area contributed by atoms with Crippen LogP contribution in [0.1, 0.15) is 64.5 Å². The highest BCUT2D eigenvalue weighted by Gasteiger charge is 2.44. The van der Waals surface area contributed by atoms with Crippen LogP contribution in [-0.4, -0.2) is 56.6 Å². The average molecular weight is 648 g/mol. The summed E-state index contributed by atoms with van der Waals surface area (Å²) >= 11 is 3.44. The summed E-state index contributed by atoms with van der Waals surface area (Å²) in [5.74, 6) is -0.546. The standard InChI is InChI=1S/C28H31BrN4O7S/c1-27(2,3)33-23(34)15-22(41(33,38)39)17-12-11-16(13-18(17)29)14-20(31-25(35)40-28(4,5)6)24-30-19-9-7-8-10-21(19)32(24)26(36)37/h7-13,15,20H,14H2,1-6H3,(H,31,35)(H,36,37)/t20-/m0/s1. The Bertz CT molecular complexity index is 1700. The number of carboxylic acid groups (broad SMARTS) is 1. The Morgan fingerprint density at radius 3 is 2.32 bits per heavy atom. The summed E-state index contributed by atoms with van der Waals surface area (Å²) in [7, 11) is -4.09. The third kappa shape index (κ3) is 6.15. The van der Waals surface area contributed by atoms with E-state index in [1.807, 2.05) is 0 Å². The Balaban J connectivity index is 1.74. The molecule has 1 aliphatic heterocycles. The van der Waals surface area contributed by atoms with E-state index in [0.29, 0.717) is 26.6 Å². The van der Waals surface area contributed by atoms with Crippen molar-refractivity contribution in [2.24, 2.45) is 0 Å². The van der Waals surface area contributed by atoms with Crippen molar-refractivity contribution >= 4 is 60.0 Å². The Labute approximate surface area is 246 Å². The van der Waals surface area contributed by atoms with Crippen molar-refractivity contribution in [1.82, 2.24) is 19.2 Å². The van der Waals surface area contributed by atoms with E-state index >= 15 is 0 Å². The second-order valence-corrected chi connectivity index (χ2v) is 14.2. The Kier molecular flexibility index (Phi) is 7.82. The Hall–Kier alpha value is -3.71. The van der Waals surface area contributed by atoms with Crippen LogP contribution in [0.15, 0.2) is 53.0 Å². The molecular formula is C28H31BrN4O7S. The number of hydrogen-bond acceptors (Lipinski definition) is 7. The third-order valence-electron chi connectivity index (χ3n) is 6.10. The summed E-state index contributed by atoms with van der Waals surface area (Å²) in [6, 6.07) is 10.7. The maximum absolute atomic E-state index is 13.3. The molecule has 4 rings (SSSR count). The highest BCUT2D eigenvalue weighted by atomic mass is 79.9. The van der Waals surface area contributed by atoms with E-state index in [0.717, 1.165) is 14.9 Å². The maximum Gasteiger partial charge on any atom is 0.417 e. The second-order valence-electron chi connectivity index (χ2n) is 11.6. The van der Waals surface area contributed by atoms with E-state index < -0.39 is 45.3 Å². The molecule has 0 spiro atoms. The number of amides is 2. The lowest BCUT2D eigenvalue weighted by Crippen LogP contribution is -2.45. The highest BCUT2D eigenvalue weighted by molar-refractivity contribution is 9.10. The number of nitrogens with one attached hydrogen (secondary N) is 1. The van der Waals surface area contributed by atoms with Crippen molar-refractivity contribution in [2.45, 2.75) is 65.1 Å². The predicted octanol–water partition coefficient (Wildman–Crippen LogP) is 5.44. The molecule has 2 aromatic carbocycles. The molecule has 1 atom stereocenters. The molecule has 11 nitrogen and oxygen atoms in total. The first kappa shape index (κ1) is 30.3. The van der Waals surface area contributed by atoms with Crippen LogP contribution in [0.25, 0.3) is 15.9 Å². The van der Waals surface area contributed by atoms with Gasteiger partial charge in [0.1, 0.15) is 16.3 Å². The van der Waals surface area contributed by atoms with Crippen LogP contribution < -0.4 is 5.32 Å². The monoisotopic (exact) mass is 646 g/mol. The molecule has 0 fully saturated rings. The molecule has 0 saturated heterocycles. The Morgan fingerprint density at radius 1 is 1.10 bits per heavy atom. The molecule has 0 unspecified atom stereocenters. The van der Waals surface area contributed by atoms with Gasteiger partial charge < -0.3 is 15.2 Å². The normalized spacial score (nSPS) is 16.0. The van der Waals surface area contributed by atoms with Crippen LogP contribution in [0, 0.1) is 0 Å². The van der Waals surface area contributed by atoms with Gasteiger partial charge in [0.25, 0.3) is 15.9 Å². The number of nitrogens with zero attached hydrogens (tertiary/aromatic N) is 3. The molecule has 0 radical (unpaired) electrons. The number of ether oxygens (including phenoxy) is 1. The lowest BCUT2D eigenvalue weighted by molar-refractivity contribution is -0.123. The summed E-state index contributed by atoms with van der Waals surface area (Å²) < 4.78 is 34.2. The minimum absolute atomic E-state index is 0.0808. The van der Waals surface area contributed by atoms with Gasteiger partial charge in [0.2, 0.25) is 0 Å². The number of carbonyl (C=O) groups is 3. The van der Waals surface area contributed by atoms with Gasteiger partial charge in [-0.15, -0.1) is 0 Å². The molecule has 41 heavy (non-hydrogen) atoms. The van der Waals surface area contributed by atoms with Gasteiger partial charge in [-0.3, -0.25) is 4.79 Å². The first-order valence-corrected chi connectivity index (χ1v) is 14.9. The molecule has 218 valence electrons. The molecule has 1 aliphatic rings. The van der Waals surface area contributed by atoms with Crippen LogP contribution >= 0.6 is 15.9 Å². The maximum atomic E-state index is 13.3. The van der Waals surface area contributed by atoms with Crippen LogP contribution in [0.4, 0.5) is 9.59 Å². The minimum Gasteiger partial charge on any atom is -0.464 e. The van der Waals surface area contributed by atoms with Crippen molar-refractivity contribution in [2.75, 3.05) is 0 Å². The fourth-order valence-electron chi connectivity index (χ4n) is 4.63. The Morgan fingerprint density at radius 2 is 1.76 bits per heavy atom. The molecule has 0 saturated carbocycles. The summed E-state index contributed by atoms with van der Waals surface area (Å²) in [4.78, 5) is 42.1. The fraction of sp³-hybridized carbons (Fsp3) is 0.357. The molecule has 2 N–H and O–H groups in total.